The molecule has 0 aliphatic carbocycles. The molecular formula is C24H31N2O4+. The molecule has 6 nitrogen and oxygen atoms in total. The van der Waals surface area contributed by atoms with E-state index in [-0.39, 0.29) is 11.3 Å². The van der Waals surface area contributed by atoms with Crippen LogP contribution >= 0.6 is 0 Å². The number of amides is 1. The molecule has 1 aliphatic heterocycles. The highest BCUT2D eigenvalue weighted by molar-refractivity contribution is 6.46. The van der Waals surface area contributed by atoms with Crippen molar-refractivity contribution in [3.05, 3.63) is 64.6 Å². The zero-order chi connectivity index (χ0) is 21.8. The summed E-state index contributed by atoms with van der Waals surface area (Å²) in [6.07, 6.45) is 0.769. The average molecular weight is 412 g/mol. The van der Waals surface area contributed by atoms with Gasteiger partial charge in [0.25, 0.3) is 11.7 Å². The summed E-state index contributed by atoms with van der Waals surface area (Å²) in [5.74, 6) is -0.224. The largest absolute Gasteiger partial charge is 0.507 e. The number of aliphatic hydroxyl groups is 1. The summed E-state index contributed by atoms with van der Waals surface area (Å²) in [4.78, 5) is 28.8. The van der Waals surface area contributed by atoms with Gasteiger partial charge in [0.1, 0.15) is 23.3 Å². The summed E-state index contributed by atoms with van der Waals surface area (Å²) in [7, 11) is 0. The Bertz CT molecular complexity index is 938. The number of nitrogens with one attached hydrogen (secondary N) is 1. The normalized spacial score (nSPS) is 18.6. The van der Waals surface area contributed by atoms with E-state index in [9.17, 15) is 14.7 Å². The number of nitrogens with zero attached hydrogens (tertiary/aromatic N) is 1. The fourth-order valence-corrected chi connectivity index (χ4v) is 3.98. The number of hydrogen-bond acceptors (Lipinski definition) is 4. The molecule has 1 fully saturated rings. The highest BCUT2D eigenvalue weighted by atomic mass is 16.3. The van der Waals surface area contributed by atoms with E-state index in [1.165, 1.54) is 4.90 Å². The summed E-state index contributed by atoms with van der Waals surface area (Å²) in [6.45, 7) is 11.4. The van der Waals surface area contributed by atoms with Crippen molar-refractivity contribution >= 4 is 17.4 Å². The third-order valence-electron chi connectivity index (χ3n) is 5.82. The van der Waals surface area contributed by atoms with Gasteiger partial charge in [-0.3, -0.25) is 9.59 Å². The van der Waals surface area contributed by atoms with Gasteiger partial charge in [0.15, 0.2) is 0 Å². The van der Waals surface area contributed by atoms with Crippen molar-refractivity contribution in [1.29, 1.82) is 0 Å². The van der Waals surface area contributed by atoms with E-state index in [1.807, 2.05) is 26.0 Å². The summed E-state index contributed by atoms with van der Waals surface area (Å²) >= 11 is 0. The molecule has 0 spiro atoms. The average Bonchev–Trinajstić information content (AvgIpc) is 3.27. The van der Waals surface area contributed by atoms with Crippen molar-refractivity contribution in [3.63, 3.8) is 0 Å². The van der Waals surface area contributed by atoms with Crippen LogP contribution in [0, 0.1) is 13.8 Å². The Morgan fingerprint density at radius 3 is 2.30 bits per heavy atom. The minimum Gasteiger partial charge on any atom is -0.507 e. The zero-order valence-corrected chi connectivity index (χ0v) is 18.2. The molecule has 1 aromatic carbocycles. The Hall–Kier alpha value is -2.86. The van der Waals surface area contributed by atoms with E-state index in [4.69, 9.17) is 4.42 Å². The van der Waals surface area contributed by atoms with Gasteiger partial charge < -0.3 is 19.3 Å². The molecule has 1 atom stereocenters. The van der Waals surface area contributed by atoms with Crippen LogP contribution in [0.5, 0.6) is 0 Å². The molecule has 3 rings (SSSR count). The fraction of sp³-hybridized carbons (Fsp3) is 0.417. The molecule has 0 unspecified atom stereocenters. The van der Waals surface area contributed by atoms with Crippen molar-refractivity contribution in [2.45, 2.75) is 40.2 Å². The Morgan fingerprint density at radius 1 is 1.07 bits per heavy atom. The predicted molar refractivity (Wildman–Crippen MR) is 115 cm³/mol. The number of ketones is 1. The van der Waals surface area contributed by atoms with Gasteiger partial charge in [-0.15, -0.1) is 0 Å². The number of benzene rings is 1. The van der Waals surface area contributed by atoms with E-state index in [2.05, 4.69) is 13.8 Å². The second kappa shape index (κ2) is 9.30. The topological polar surface area (TPSA) is 75.2 Å². The molecule has 2 heterocycles. The number of carbonyl (C=O) groups is 2. The molecule has 1 aromatic heterocycles. The van der Waals surface area contributed by atoms with Crippen molar-refractivity contribution in [2.24, 2.45) is 0 Å². The van der Waals surface area contributed by atoms with E-state index in [1.54, 1.807) is 29.2 Å². The molecule has 0 radical (unpaired) electrons. The summed E-state index contributed by atoms with van der Waals surface area (Å²) in [6, 6.07) is 10.1. The first-order valence-corrected chi connectivity index (χ1v) is 10.6. The predicted octanol–water partition coefficient (Wildman–Crippen LogP) is 2.63. The van der Waals surface area contributed by atoms with Crippen LogP contribution < -0.4 is 4.90 Å². The van der Waals surface area contributed by atoms with Gasteiger partial charge in [-0.2, -0.15) is 0 Å². The summed E-state index contributed by atoms with van der Waals surface area (Å²) in [5, 5.41) is 11.0. The van der Waals surface area contributed by atoms with Crippen LogP contribution in [-0.2, 0) is 9.59 Å². The lowest BCUT2D eigenvalue weighted by Crippen LogP contribution is -3.11. The smallest absolute Gasteiger partial charge is 0.295 e. The Morgan fingerprint density at radius 2 is 1.73 bits per heavy atom. The molecular weight excluding hydrogens is 380 g/mol. The van der Waals surface area contributed by atoms with Crippen molar-refractivity contribution in [2.75, 3.05) is 26.2 Å². The highest BCUT2D eigenvalue weighted by Crippen LogP contribution is 2.40. The van der Waals surface area contributed by atoms with Gasteiger partial charge >= 0.3 is 0 Å². The monoisotopic (exact) mass is 411 g/mol. The number of furan rings is 1. The second-order valence-electron chi connectivity index (χ2n) is 7.87. The Balaban J connectivity index is 1.99. The molecule has 0 saturated carbocycles. The van der Waals surface area contributed by atoms with Crippen LogP contribution in [0.3, 0.4) is 0 Å². The quantitative estimate of drug-likeness (QED) is 0.398. The molecule has 160 valence electrons. The van der Waals surface area contributed by atoms with Gasteiger partial charge in [0.05, 0.1) is 25.2 Å². The van der Waals surface area contributed by atoms with Crippen molar-refractivity contribution in [3.8, 4) is 0 Å². The number of Topliss-reactive ketones (excluding diaryl/α,β-unsaturated/α-hetero) is 1. The van der Waals surface area contributed by atoms with Crippen LogP contribution in [0.25, 0.3) is 5.76 Å². The third kappa shape index (κ3) is 4.33. The van der Waals surface area contributed by atoms with Gasteiger partial charge in [-0.25, -0.2) is 0 Å². The Kier molecular flexibility index (Phi) is 6.77. The third-order valence-corrected chi connectivity index (χ3v) is 5.82. The molecule has 2 N–H and O–H groups in total. The lowest BCUT2D eigenvalue weighted by molar-refractivity contribution is -0.896. The van der Waals surface area contributed by atoms with E-state index in [0.29, 0.717) is 23.6 Å². The molecule has 1 aliphatic rings. The zero-order valence-electron chi connectivity index (χ0n) is 18.2. The highest BCUT2D eigenvalue weighted by Gasteiger charge is 2.47. The second-order valence-corrected chi connectivity index (χ2v) is 7.87. The van der Waals surface area contributed by atoms with Crippen LogP contribution in [0.4, 0.5) is 0 Å². The van der Waals surface area contributed by atoms with Gasteiger partial charge in [0, 0.05) is 18.5 Å². The van der Waals surface area contributed by atoms with Gasteiger partial charge in [-0.1, -0.05) is 29.8 Å². The molecule has 6 heteroatoms. The van der Waals surface area contributed by atoms with Crippen LogP contribution in [0.2, 0.25) is 0 Å². The van der Waals surface area contributed by atoms with Gasteiger partial charge in [-0.05, 0) is 39.8 Å². The number of hydrogen-bond donors (Lipinski definition) is 2. The number of quaternary nitrogens is 1. The minimum atomic E-state index is -0.716. The van der Waals surface area contributed by atoms with Crippen molar-refractivity contribution < 1.29 is 24.0 Å². The van der Waals surface area contributed by atoms with Gasteiger partial charge in [0.2, 0.25) is 0 Å². The summed E-state index contributed by atoms with van der Waals surface area (Å²) < 4.78 is 5.80. The first-order chi connectivity index (χ1) is 14.4. The maximum absolute atomic E-state index is 12.9. The maximum atomic E-state index is 12.9. The van der Waals surface area contributed by atoms with Crippen molar-refractivity contribution in [1.82, 2.24) is 4.90 Å². The lowest BCUT2D eigenvalue weighted by Gasteiger charge is -2.24. The van der Waals surface area contributed by atoms with E-state index < -0.39 is 17.7 Å². The SMILES string of the molecule is CC[NH+](CC)CCCN1C(=O)C(=O)C(=C(O)c2ccc(C)cc2)[C@@H]1c1ccc(C)o1. The lowest BCUT2D eigenvalue weighted by atomic mass is 9.99. The number of likely N-dealkylation sites (tertiary alicyclic amines) is 1. The molecule has 30 heavy (non-hydrogen) atoms. The molecule has 1 saturated heterocycles. The number of aliphatic hydroxyl groups excluding tert-OH is 1. The maximum Gasteiger partial charge on any atom is 0.295 e. The fourth-order valence-electron chi connectivity index (χ4n) is 3.98. The Labute approximate surface area is 177 Å². The van der Waals surface area contributed by atoms with Crippen LogP contribution in [0.1, 0.15) is 49.0 Å². The first-order valence-electron chi connectivity index (χ1n) is 10.6. The number of rotatable bonds is 8. The molecule has 1 amide bonds. The standard InChI is InChI=1S/C24H30N2O4/c1-5-25(6-2)14-7-15-26-21(19-13-10-17(4)30-19)20(23(28)24(26)29)22(27)18-11-8-16(3)9-12-18/h8-13,21,27H,5-7,14-15H2,1-4H3/p+1/t21-/m0/s1. The molecule has 0 bridgehead atoms. The minimum absolute atomic E-state index is 0.0911. The summed E-state index contributed by atoms with van der Waals surface area (Å²) in [5.41, 5.74) is 1.65. The molecule has 2 aromatic rings. The first kappa shape index (κ1) is 21.8. The number of carbonyl (C=O) groups excluding carboxylic acids is 2. The van der Waals surface area contributed by atoms with Crippen LogP contribution in [0.15, 0.2) is 46.4 Å². The van der Waals surface area contributed by atoms with E-state index in [0.717, 1.165) is 31.6 Å². The van der Waals surface area contributed by atoms with E-state index >= 15 is 0 Å². The number of aryl methyl sites for hydroxylation is 2. The van der Waals surface area contributed by atoms with Crippen LogP contribution in [-0.4, -0.2) is 47.9 Å².